The van der Waals surface area contributed by atoms with Gasteiger partial charge in [-0.3, -0.25) is 4.98 Å². The minimum atomic E-state index is -0.380. The molecule has 2 aromatic carbocycles. The number of benzene rings is 2. The summed E-state index contributed by atoms with van der Waals surface area (Å²) in [5.41, 5.74) is 4.37. The van der Waals surface area contributed by atoms with E-state index in [4.69, 9.17) is 9.57 Å². The van der Waals surface area contributed by atoms with Crippen molar-refractivity contribution >= 4 is 12.2 Å². The molecule has 0 fully saturated rings. The van der Waals surface area contributed by atoms with Crippen LogP contribution in [-0.4, -0.2) is 23.8 Å². The summed E-state index contributed by atoms with van der Waals surface area (Å²) in [6, 6.07) is 21.6. The van der Waals surface area contributed by atoms with Gasteiger partial charge in [0, 0.05) is 6.20 Å². The van der Waals surface area contributed by atoms with Gasteiger partial charge >= 0.3 is 5.97 Å². The molecule has 0 spiro atoms. The van der Waals surface area contributed by atoms with Gasteiger partial charge in [-0.05, 0) is 35.7 Å². The SMILES string of the molecule is CCOC(=O)c1ccc(CO/N=C/c2ccc(-c3ccccc3)cc2)nc1. The molecule has 5 heteroatoms. The van der Waals surface area contributed by atoms with Crippen molar-refractivity contribution in [2.45, 2.75) is 13.5 Å². The first-order valence-corrected chi connectivity index (χ1v) is 8.69. The summed E-state index contributed by atoms with van der Waals surface area (Å²) in [6.45, 7) is 2.33. The molecule has 0 unspecified atom stereocenters. The zero-order valence-electron chi connectivity index (χ0n) is 15.0. The van der Waals surface area contributed by atoms with Crippen LogP contribution in [0.25, 0.3) is 11.1 Å². The van der Waals surface area contributed by atoms with Gasteiger partial charge in [-0.2, -0.15) is 0 Å². The van der Waals surface area contributed by atoms with E-state index in [1.807, 2.05) is 42.5 Å². The molecular weight excluding hydrogens is 340 g/mol. The van der Waals surface area contributed by atoms with E-state index in [1.54, 1.807) is 25.3 Å². The zero-order chi connectivity index (χ0) is 18.9. The third kappa shape index (κ3) is 5.25. The summed E-state index contributed by atoms with van der Waals surface area (Å²) >= 11 is 0. The van der Waals surface area contributed by atoms with Gasteiger partial charge in [-0.15, -0.1) is 0 Å². The fourth-order valence-electron chi connectivity index (χ4n) is 2.44. The van der Waals surface area contributed by atoms with E-state index in [1.165, 1.54) is 11.8 Å². The predicted molar refractivity (Wildman–Crippen MR) is 104 cm³/mol. The van der Waals surface area contributed by atoms with Crippen LogP contribution in [0.15, 0.2) is 78.1 Å². The third-order valence-electron chi connectivity index (χ3n) is 3.84. The number of carbonyl (C=O) groups is 1. The molecule has 0 aliphatic carbocycles. The number of hydrogen-bond donors (Lipinski definition) is 0. The predicted octanol–water partition coefficient (Wildman–Crippen LogP) is 4.48. The number of pyridine rings is 1. The number of oxime groups is 1. The molecule has 5 nitrogen and oxygen atoms in total. The van der Waals surface area contributed by atoms with Crippen LogP contribution < -0.4 is 0 Å². The minimum Gasteiger partial charge on any atom is -0.462 e. The first-order chi connectivity index (χ1) is 13.3. The second-order valence-corrected chi connectivity index (χ2v) is 5.75. The normalized spacial score (nSPS) is 10.7. The first-order valence-electron chi connectivity index (χ1n) is 8.69. The van der Waals surface area contributed by atoms with E-state index >= 15 is 0 Å². The summed E-state index contributed by atoms with van der Waals surface area (Å²) in [4.78, 5) is 21.0. The molecule has 0 saturated heterocycles. The number of ether oxygens (including phenoxy) is 1. The van der Waals surface area contributed by atoms with Gasteiger partial charge in [0.25, 0.3) is 0 Å². The molecule has 27 heavy (non-hydrogen) atoms. The van der Waals surface area contributed by atoms with Crippen molar-refractivity contribution in [2.75, 3.05) is 6.61 Å². The Morgan fingerprint density at radius 3 is 2.41 bits per heavy atom. The van der Waals surface area contributed by atoms with Crippen LogP contribution in [0.2, 0.25) is 0 Å². The van der Waals surface area contributed by atoms with Gasteiger partial charge in [0.05, 0.1) is 24.1 Å². The lowest BCUT2D eigenvalue weighted by atomic mass is 10.0. The molecule has 0 amide bonds. The lowest BCUT2D eigenvalue weighted by Gasteiger charge is -2.03. The maximum absolute atomic E-state index is 11.6. The molecule has 3 rings (SSSR count). The number of carbonyl (C=O) groups excluding carboxylic acids is 1. The van der Waals surface area contributed by atoms with E-state index in [9.17, 15) is 4.79 Å². The second kappa shape index (κ2) is 9.29. The second-order valence-electron chi connectivity index (χ2n) is 5.75. The Hall–Kier alpha value is -3.47. The van der Waals surface area contributed by atoms with Crippen molar-refractivity contribution in [3.05, 3.63) is 89.7 Å². The molecule has 0 N–H and O–H groups in total. The standard InChI is InChI=1S/C22H20N2O3/c1-2-26-22(25)20-12-13-21(23-15-20)16-27-24-14-17-8-10-19(11-9-17)18-6-4-3-5-7-18/h3-15H,2,16H2,1H3/b24-14+. The van der Waals surface area contributed by atoms with Crippen LogP contribution in [0.5, 0.6) is 0 Å². The number of hydrogen-bond acceptors (Lipinski definition) is 5. The van der Waals surface area contributed by atoms with Gasteiger partial charge in [0.15, 0.2) is 6.61 Å². The van der Waals surface area contributed by atoms with Crippen LogP contribution in [0.3, 0.4) is 0 Å². The van der Waals surface area contributed by atoms with Crippen LogP contribution >= 0.6 is 0 Å². The number of nitrogens with zero attached hydrogens (tertiary/aromatic N) is 2. The average molecular weight is 360 g/mol. The number of aromatic nitrogens is 1. The van der Waals surface area contributed by atoms with Crippen LogP contribution in [-0.2, 0) is 16.2 Å². The van der Waals surface area contributed by atoms with E-state index in [0.717, 1.165) is 11.1 Å². The van der Waals surface area contributed by atoms with Crippen molar-refractivity contribution in [1.29, 1.82) is 0 Å². The van der Waals surface area contributed by atoms with E-state index in [2.05, 4.69) is 22.3 Å². The van der Waals surface area contributed by atoms with Gasteiger partial charge in [-0.25, -0.2) is 4.79 Å². The zero-order valence-corrected chi connectivity index (χ0v) is 15.0. The quantitative estimate of drug-likeness (QED) is 0.354. The molecule has 0 aliphatic rings. The number of esters is 1. The maximum Gasteiger partial charge on any atom is 0.339 e. The van der Waals surface area contributed by atoms with Crippen LogP contribution in [0, 0.1) is 0 Å². The third-order valence-corrected chi connectivity index (χ3v) is 3.84. The van der Waals surface area contributed by atoms with Crippen LogP contribution in [0.1, 0.15) is 28.5 Å². The molecule has 3 aromatic rings. The highest BCUT2D eigenvalue weighted by Crippen LogP contribution is 2.18. The molecule has 0 bridgehead atoms. The first kappa shape index (κ1) is 18.3. The summed E-state index contributed by atoms with van der Waals surface area (Å²) in [7, 11) is 0. The number of rotatable bonds is 7. The molecule has 1 aromatic heterocycles. The van der Waals surface area contributed by atoms with Gasteiger partial charge in [-0.1, -0.05) is 59.8 Å². The lowest BCUT2D eigenvalue weighted by Crippen LogP contribution is -2.05. The summed E-state index contributed by atoms with van der Waals surface area (Å²) in [5, 5.41) is 3.97. The van der Waals surface area contributed by atoms with Crippen LogP contribution in [0.4, 0.5) is 0 Å². The topological polar surface area (TPSA) is 60.8 Å². The summed E-state index contributed by atoms with van der Waals surface area (Å²) < 4.78 is 4.92. The Labute approximate surface area is 158 Å². The van der Waals surface area contributed by atoms with Gasteiger partial charge < -0.3 is 9.57 Å². The van der Waals surface area contributed by atoms with Crippen molar-refractivity contribution in [3.63, 3.8) is 0 Å². The summed E-state index contributed by atoms with van der Waals surface area (Å²) in [5.74, 6) is -0.380. The highest BCUT2D eigenvalue weighted by atomic mass is 16.6. The van der Waals surface area contributed by atoms with E-state index in [0.29, 0.717) is 17.9 Å². The summed E-state index contributed by atoms with van der Waals surface area (Å²) in [6.07, 6.45) is 3.13. The Morgan fingerprint density at radius 2 is 1.74 bits per heavy atom. The van der Waals surface area contributed by atoms with Crippen molar-refractivity contribution < 1.29 is 14.4 Å². The monoisotopic (exact) mass is 360 g/mol. The Balaban J connectivity index is 1.51. The minimum absolute atomic E-state index is 0.224. The molecule has 1 heterocycles. The largest absolute Gasteiger partial charge is 0.462 e. The highest BCUT2D eigenvalue weighted by Gasteiger charge is 2.06. The smallest absolute Gasteiger partial charge is 0.339 e. The Kier molecular flexibility index (Phi) is 6.30. The van der Waals surface area contributed by atoms with Crippen molar-refractivity contribution in [1.82, 2.24) is 4.98 Å². The van der Waals surface area contributed by atoms with E-state index in [-0.39, 0.29) is 12.6 Å². The van der Waals surface area contributed by atoms with Gasteiger partial charge in [0.2, 0.25) is 0 Å². The molecule has 0 atom stereocenters. The van der Waals surface area contributed by atoms with E-state index < -0.39 is 0 Å². The Bertz CT molecular complexity index is 889. The average Bonchev–Trinajstić information content (AvgIpc) is 2.73. The van der Waals surface area contributed by atoms with Crippen molar-refractivity contribution in [2.24, 2.45) is 5.16 Å². The lowest BCUT2D eigenvalue weighted by molar-refractivity contribution is 0.0525. The van der Waals surface area contributed by atoms with Gasteiger partial charge in [0.1, 0.15) is 0 Å². The maximum atomic E-state index is 11.6. The fraction of sp³-hybridized carbons (Fsp3) is 0.136. The Morgan fingerprint density at radius 1 is 1.00 bits per heavy atom. The fourth-order valence-corrected chi connectivity index (χ4v) is 2.44. The molecule has 136 valence electrons. The molecule has 0 radical (unpaired) electrons. The molecule has 0 aliphatic heterocycles. The molecule has 0 saturated carbocycles. The van der Waals surface area contributed by atoms with Crippen molar-refractivity contribution in [3.8, 4) is 11.1 Å². The molecular formula is C22H20N2O3. The highest BCUT2D eigenvalue weighted by molar-refractivity contribution is 5.88.